The van der Waals surface area contributed by atoms with Gasteiger partial charge in [-0.3, -0.25) is 0 Å². The highest BCUT2D eigenvalue weighted by atomic mass is 19.1. The van der Waals surface area contributed by atoms with Crippen LogP contribution in [-0.2, 0) is 6.42 Å². The molecule has 1 heterocycles. The van der Waals surface area contributed by atoms with Crippen LogP contribution >= 0.6 is 0 Å². The third kappa shape index (κ3) is 5.39. The van der Waals surface area contributed by atoms with E-state index in [1.54, 1.807) is 25.1 Å². The van der Waals surface area contributed by atoms with Crippen molar-refractivity contribution in [3.05, 3.63) is 66.1 Å². The summed E-state index contributed by atoms with van der Waals surface area (Å²) in [5.74, 6) is -0.301. The Labute approximate surface area is 142 Å². The maximum Gasteiger partial charge on any atom is 0.132 e. The molecule has 0 radical (unpaired) electrons. The Bertz CT molecular complexity index is 693. The molecule has 1 aromatic heterocycles. The van der Waals surface area contributed by atoms with E-state index in [2.05, 4.69) is 16.8 Å². The predicted molar refractivity (Wildman–Crippen MR) is 95.9 cm³/mol. The summed E-state index contributed by atoms with van der Waals surface area (Å²) in [5, 5.41) is 17.4. The molecule has 24 heavy (non-hydrogen) atoms. The van der Waals surface area contributed by atoms with Gasteiger partial charge in [-0.2, -0.15) is 5.10 Å². The highest BCUT2D eigenvalue weighted by Crippen LogP contribution is 2.22. The number of hydrogen-bond acceptors (Lipinski definition) is 3. The van der Waals surface area contributed by atoms with Crippen molar-refractivity contribution in [1.82, 2.24) is 10.2 Å². The van der Waals surface area contributed by atoms with E-state index in [1.165, 1.54) is 6.07 Å². The zero-order valence-corrected chi connectivity index (χ0v) is 14.0. The number of nitrogens with zero attached hydrogens (tertiary/aromatic N) is 2. The van der Waals surface area contributed by atoms with Crippen LogP contribution in [-0.4, -0.2) is 21.4 Å². The van der Waals surface area contributed by atoms with Crippen molar-refractivity contribution in [3.63, 3.8) is 0 Å². The zero-order chi connectivity index (χ0) is 17.4. The molecule has 3 nitrogen and oxygen atoms in total. The maximum absolute atomic E-state index is 14.2. The fourth-order valence-corrected chi connectivity index (χ4v) is 2.37. The molecule has 0 bridgehead atoms. The summed E-state index contributed by atoms with van der Waals surface area (Å²) in [4.78, 5) is 0. The molecule has 0 aliphatic rings. The van der Waals surface area contributed by atoms with Crippen LogP contribution in [0.4, 0.5) is 4.39 Å². The first kappa shape index (κ1) is 18.0. The quantitative estimate of drug-likeness (QED) is 0.571. The lowest BCUT2D eigenvalue weighted by Gasteiger charge is -2.04. The summed E-state index contributed by atoms with van der Waals surface area (Å²) >= 11 is 0. The van der Waals surface area contributed by atoms with Gasteiger partial charge in [0.1, 0.15) is 5.82 Å². The van der Waals surface area contributed by atoms with E-state index in [-0.39, 0.29) is 11.9 Å². The fourth-order valence-electron chi connectivity index (χ4n) is 2.37. The number of unbranched alkanes of at least 4 members (excludes halogenated alkanes) is 1. The molecule has 0 saturated carbocycles. The largest absolute Gasteiger partial charge is 0.393 e. The summed E-state index contributed by atoms with van der Waals surface area (Å²) in [6.07, 6.45) is 8.63. The van der Waals surface area contributed by atoms with Gasteiger partial charge in [-0.1, -0.05) is 18.2 Å². The van der Waals surface area contributed by atoms with Gasteiger partial charge < -0.3 is 5.11 Å². The van der Waals surface area contributed by atoms with Crippen LogP contribution < -0.4 is 0 Å². The number of halogens is 1. The van der Waals surface area contributed by atoms with E-state index in [4.69, 9.17) is 0 Å². The van der Waals surface area contributed by atoms with Crippen LogP contribution in [0, 0.1) is 5.82 Å². The molecule has 0 fully saturated rings. The number of allylic oxidation sites excluding steroid dienone is 2. The fraction of sp³-hybridized carbons (Fsp3) is 0.300. The molecular formula is C20H23FN2O. The Balaban J connectivity index is 2.01. The van der Waals surface area contributed by atoms with Crippen molar-refractivity contribution in [1.29, 1.82) is 0 Å². The lowest BCUT2D eigenvalue weighted by atomic mass is 10.1. The van der Waals surface area contributed by atoms with Crippen LogP contribution in [0.25, 0.3) is 17.3 Å². The highest BCUT2D eigenvalue weighted by molar-refractivity contribution is 5.61. The summed E-state index contributed by atoms with van der Waals surface area (Å²) in [6, 6.07) is 8.70. The second-order valence-electron chi connectivity index (χ2n) is 5.83. The van der Waals surface area contributed by atoms with Gasteiger partial charge in [0.25, 0.3) is 0 Å². The van der Waals surface area contributed by atoms with E-state index < -0.39 is 0 Å². The molecular weight excluding hydrogens is 303 g/mol. The lowest BCUT2D eigenvalue weighted by Crippen LogP contribution is -1.97. The van der Waals surface area contributed by atoms with E-state index in [9.17, 15) is 9.50 Å². The smallest absolute Gasteiger partial charge is 0.132 e. The van der Waals surface area contributed by atoms with Crippen molar-refractivity contribution in [2.24, 2.45) is 0 Å². The monoisotopic (exact) mass is 326 g/mol. The van der Waals surface area contributed by atoms with E-state index in [0.29, 0.717) is 17.7 Å². The Morgan fingerprint density at radius 1 is 1.25 bits per heavy atom. The normalized spacial score (nSPS) is 12.5. The molecule has 2 aromatic rings. The number of hydrogen-bond donors (Lipinski definition) is 1. The molecule has 0 aliphatic heterocycles. The highest BCUT2D eigenvalue weighted by Gasteiger charge is 2.07. The van der Waals surface area contributed by atoms with Crippen LogP contribution in [0.5, 0.6) is 0 Å². The molecule has 0 saturated heterocycles. The topological polar surface area (TPSA) is 46.0 Å². The Kier molecular flexibility index (Phi) is 6.82. The standard InChI is InChI=1S/C20H23FN2O/c1-3-7-16-10-12-18(19(21)14-16)20-13-11-17(22-23-20)9-6-4-5-8-15(2)24/h3,6,9-15,24H,1,4-5,7-8H2,2H3. The molecule has 1 atom stereocenters. The first-order valence-corrected chi connectivity index (χ1v) is 8.18. The van der Waals surface area contributed by atoms with Crippen LogP contribution in [0.1, 0.15) is 37.4 Å². The van der Waals surface area contributed by atoms with E-state index >= 15 is 0 Å². The van der Waals surface area contributed by atoms with Crippen molar-refractivity contribution in [3.8, 4) is 11.3 Å². The number of rotatable bonds is 8. The first-order chi connectivity index (χ1) is 11.6. The van der Waals surface area contributed by atoms with Gasteiger partial charge in [0.15, 0.2) is 0 Å². The molecule has 0 amide bonds. The minimum absolute atomic E-state index is 0.259. The summed E-state index contributed by atoms with van der Waals surface area (Å²) in [6.45, 7) is 5.45. The third-order valence-electron chi connectivity index (χ3n) is 3.66. The van der Waals surface area contributed by atoms with E-state index in [0.717, 1.165) is 30.5 Å². The van der Waals surface area contributed by atoms with Gasteiger partial charge >= 0.3 is 0 Å². The molecule has 0 spiro atoms. The van der Waals surface area contributed by atoms with Crippen molar-refractivity contribution < 1.29 is 9.50 Å². The van der Waals surface area contributed by atoms with Crippen LogP contribution in [0.3, 0.4) is 0 Å². The van der Waals surface area contributed by atoms with Crippen molar-refractivity contribution >= 4 is 6.08 Å². The van der Waals surface area contributed by atoms with Gasteiger partial charge in [0.2, 0.25) is 0 Å². The summed E-state index contributed by atoms with van der Waals surface area (Å²) in [5.41, 5.74) is 2.59. The lowest BCUT2D eigenvalue weighted by molar-refractivity contribution is 0.182. The maximum atomic E-state index is 14.2. The van der Waals surface area contributed by atoms with Crippen molar-refractivity contribution in [2.45, 2.75) is 38.7 Å². The van der Waals surface area contributed by atoms with Gasteiger partial charge in [-0.25, -0.2) is 4.39 Å². The molecule has 126 valence electrons. The van der Waals surface area contributed by atoms with Gasteiger partial charge in [0.05, 0.1) is 17.5 Å². The van der Waals surface area contributed by atoms with Gasteiger partial charge in [-0.05, 0) is 68.5 Å². The minimum atomic E-state index is -0.301. The Morgan fingerprint density at radius 3 is 2.71 bits per heavy atom. The molecule has 2 rings (SSSR count). The number of aliphatic hydroxyl groups excluding tert-OH is 1. The molecule has 1 aromatic carbocycles. The van der Waals surface area contributed by atoms with Crippen LogP contribution in [0.15, 0.2) is 49.1 Å². The summed E-state index contributed by atoms with van der Waals surface area (Å²) in [7, 11) is 0. The number of aliphatic hydroxyl groups is 1. The molecule has 1 N–H and O–H groups in total. The average Bonchev–Trinajstić information content (AvgIpc) is 2.55. The predicted octanol–water partition coefficient (Wildman–Crippen LogP) is 4.58. The summed E-state index contributed by atoms with van der Waals surface area (Å²) < 4.78 is 14.2. The Hall–Kier alpha value is -2.33. The molecule has 4 heteroatoms. The first-order valence-electron chi connectivity index (χ1n) is 8.18. The molecule has 0 aliphatic carbocycles. The van der Waals surface area contributed by atoms with Gasteiger partial charge in [0, 0.05) is 5.56 Å². The third-order valence-corrected chi connectivity index (χ3v) is 3.66. The van der Waals surface area contributed by atoms with Crippen molar-refractivity contribution in [2.75, 3.05) is 0 Å². The zero-order valence-electron chi connectivity index (χ0n) is 14.0. The molecule has 1 unspecified atom stereocenters. The van der Waals surface area contributed by atoms with Crippen LogP contribution in [0.2, 0.25) is 0 Å². The number of aromatic nitrogens is 2. The Morgan fingerprint density at radius 2 is 2.08 bits per heavy atom. The SMILES string of the molecule is C=CCc1ccc(-c2ccc(C=CCCCC(C)O)nn2)c(F)c1. The number of benzene rings is 1. The second-order valence-corrected chi connectivity index (χ2v) is 5.83. The average molecular weight is 326 g/mol. The minimum Gasteiger partial charge on any atom is -0.393 e. The second kappa shape index (κ2) is 9.08. The van der Waals surface area contributed by atoms with Gasteiger partial charge in [-0.15, -0.1) is 11.7 Å². The van der Waals surface area contributed by atoms with E-state index in [1.807, 2.05) is 24.3 Å².